The summed E-state index contributed by atoms with van der Waals surface area (Å²) in [6, 6.07) is -0.465. The number of urea groups is 1. The van der Waals surface area contributed by atoms with Crippen molar-refractivity contribution in [1.29, 1.82) is 0 Å². The number of rotatable bonds is 6. The van der Waals surface area contributed by atoms with Crippen molar-refractivity contribution in [2.24, 2.45) is 11.7 Å². The van der Waals surface area contributed by atoms with E-state index in [1.807, 2.05) is 0 Å². The zero-order chi connectivity index (χ0) is 14.4. The van der Waals surface area contributed by atoms with Gasteiger partial charge in [0.15, 0.2) is 0 Å². The van der Waals surface area contributed by atoms with E-state index < -0.39 is 24.5 Å². The minimum atomic E-state index is -1.16. The molecule has 0 aromatic carbocycles. The summed E-state index contributed by atoms with van der Waals surface area (Å²) in [5.74, 6) is -1.41. The first-order valence-corrected chi connectivity index (χ1v) is 6.40. The van der Waals surface area contributed by atoms with Crippen LogP contribution < -0.4 is 5.73 Å². The summed E-state index contributed by atoms with van der Waals surface area (Å²) in [6.07, 6.45) is 4.53. The van der Waals surface area contributed by atoms with E-state index in [0.29, 0.717) is 12.5 Å². The first kappa shape index (κ1) is 15.3. The van der Waals surface area contributed by atoms with Crippen molar-refractivity contribution in [2.75, 3.05) is 26.7 Å². The van der Waals surface area contributed by atoms with Crippen LogP contribution in [0.15, 0.2) is 0 Å². The van der Waals surface area contributed by atoms with Gasteiger partial charge in [-0.1, -0.05) is 12.8 Å². The molecule has 7 nitrogen and oxygen atoms in total. The molecule has 0 aromatic heterocycles. The van der Waals surface area contributed by atoms with Crippen molar-refractivity contribution in [3.8, 4) is 0 Å². The lowest BCUT2D eigenvalue weighted by Crippen LogP contribution is -2.48. The minimum absolute atomic E-state index is 0.375. The van der Waals surface area contributed by atoms with E-state index in [2.05, 4.69) is 0 Å². The van der Waals surface area contributed by atoms with Gasteiger partial charge in [0.1, 0.15) is 13.1 Å². The van der Waals surface area contributed by atoms with Gasteiger partial charge in [-0.15, -0.1) is 0 Å². The lowest BCUT2D eigenvalue weighted by Gasteiger charge is -2.27. The summed E-state index contributed by atoms with van der Waals surface area (Å²) in [5.41, 5.74) is 5.03. The molecular weight excluding hydrogens is 250 g/mol. The number of hydrogen-bond acceptors (Lipinski definition) is 3. The van der Waals surface area contributed by atoms with Crippen molar-refractivity contribution in [3.63, 3.8) is 0 Å². The van der Waals surface area contributed by atoms with Gasteiger partial charge in [-0.25, -0.2) is 4.79 Å². The first-order chi connectivity index (χ1) is 8.90. The third-order valence-electron chi connectivity index (χ3n) is 3.28. The number of nitrogens with two attached hydrogens (primary N) is 1. The lowest BCUT2D eigenvalue weighted by atomic mass is 10.1. The smallest absolute Gasteiger partial charge is 0.323 e. The molecule has 0 atom stereocenters. The molecule has 0 spiro atoms. The van der Waals surface area contributed by atoms with Crippen LogP contribution in [0, 0.1) is 5.92 Å². The predicted octanol–water partition coefficient (Wildman–Crippen LogP) is 0.100. The third-order valence-corrected chi connectivity index (χ3v) is 3.28. The van der Waals surface area contributed by atoms with Gasteiger partial charge < -0.3 is 20.6 Å². The fraction of sp³-hybridized carbons (Fsp3) is 0.750. The largest absolute Gasteiger partial charge is 0.480 e. The van der Waals surface area contributed by atoms with E-state index in [4.69, 9.17) is 10.8 Å². The molecule has 3 amide bonds. The van der Waals surface area contributed by atoms with Crippen LogP contribution in [0.5, 0.6) is 0 Å². The summed E-state index contributed by atoms with van der Waals surface area (Å²) < 4.78 is 0. The lowest BCUT2D eigenvalue weighted by molar-refractivity contribution is -0.138. The number of aliphatic carboxylic acids is 1. The highest BCUT2D eigenvalue weighted by molar-refractivity contribution is 5.85. The maximum absolute atomic E-state index is 12.1. The maximum Gasteiger partial charge on any atom is 0.323 e. The van der Waals surface area contributed by atoms with Gasteiger partial charge in [-0.3, -0.25) is 9.59 Å². The first-order valence-electron chi connectivity index (χ1n) is 6.40. The van der Waals surface area contributed by atoms with Crippen LogP contribution in [0.25, 0.3) is 0 Å². The predicted molar refractivity (Wildman–Crippen MR) is 68.4 cm³/mol. The monoisotopic (exact) mass is 271 g/mol. The molecule has 7 heteroatoms. The summed E-state index contributed by atoms with van der Waals surface area (Å²) in [5, 5.41) is 8.75. The Morgan fingerprint density at radius 2 is 1.79 bits per heavy atom. The molecular formula is C12H21N3O4. The fourth-order valence-electron chi connectivity index (χ4n) is 2.44. The summed E-state index contributed by atoms with van der Waals surface area (Å²) >= 11 is 0. The standard InChI is InChI=1S/C12H21N3O4/c1-14(6-9-4-2-3-5-9)12(19)15(7-10(13)16)8-11(17)18/h9H,2-8H2,1H3,(H2,13,16)(H,17,18). The highest BCUT2D eigenvalue weighted by atomic mass is 16.4. The quantitative estimate of drug-likeness (QED) is 0.715. The van der Waals surface area contributed by atoms with Crippen molar-refractivity contribution in [3.05, 3.63) is 0 Å². The van der Waals surface area contributed by atoms with Gasteiger partial charge >= 0.3 is 12.0 Å². The van der Waals surface area contributed by atoms with Crippen LogP contribution in [-0.4, -0.2) is 59.5 Å². The molecule has 0 unspecified atom stereocenters. The maximum atomic E-state index is 12.1. The van der Waals surface area contributed by atoms with Crippen LogP contribution in [0.1, 0.15) is 25.7 Å². The zero-order valence-electron chi connectivity index (χ0n) is 11.2. The number of amides is 3. The number of nitrogens with zero attached hydrogens (tertiary/aromatic N) is 2. The highest BCUT2D eigenvalue weighted by Gasteiger charge is 2.25. The van der Waals surface area contributed by atoms with Crippen molar-refractivity contribution < 1.29 is 19.5 Å². The van der Waals surface area contributed by atoms with Gasteiger partial charge in [0.05, 0.1) is 0 Å². The molecule has 0 bridgehead atoms. The second-order valence-corrected chi connectivity index (χ2v) is 5.03. The van der Waals surface area contributed by atoms with Gasteiger partial charge in [0.25, 0.3) is 0 Å². The molecule has 1 aliphatic carbocycles. The van der Waals surface area contributed by atoms with Crippen molar-refractivity contribution in [1.82, 2.24) is 9.80 Å². The Balaban J connectivity index is 2.57. The van der Waals surface area contributed by atoms with Crippen molar-refractivity contribution in [2.45, 2.75) is 25.7 Å². The number of hydrogen-bond donors (Lipinski definition) is 2. The van der Waals surface area contributed by atoms with Gasteiger partial charge in [-0.05, 0) is 18.8 Å². The SMILES string of the molecule is CN(CC1CCCC1)C(=O)N(CC(N)=O)CC(=O)O. The highest BCUT2D eigenvalue weighted by Crippen LogP contribution is 2.25. The molecule has 3 N–H and O–H groups in total. The van der Waals surface area contributed by atoms with Crippen LogP contribution >= 0.6 is 0 Å². The van der Waals surface area contributed by atoms with E-state index in [-0.39, 0.29) is 6.54 Å². The summed E-state index contributed by atoms with van der Waals surface area (Å²) in [4.78, 5) is 36.1. The molecule has 0 heterocycles. The number of carboxylic acids is 1. The fourth-order valence-corrected chi connectivity index (χ4v) is 2.44. The second kappa shape index (κ2) is 6.96. The Morgan fingerprint density at radius 1 is 1.21 bits per heavy atom. The van der Waals surface area contributed by atoms with Crippen LogP contribution in [-0.2, 0) is 9.59 Å². The van der Waals surface area contributed by atoms with E-state index in [1.165, 1.54) is 17.7 Å². The zero-order valence-corrected chi connectivity index (χ0v) is 11.2. The minimum Gasteiger partial charge on any atom is -0.480 e. The molecule has 108 valence electrons. The molecule has 1 saturated carbocycles. The van der Waals surface area contributed by atoms with E-state index in [1.54, 1.807) is 7.05 Å². The normalized spacial score (nSPS) is 15.2. The van der Waals surface area contributed by atoms with Crippen LogP contribution in [0.4, 0.5) is 4.79 Å². The Labute approximate surface area is 112 Å². The Morgan fingerprint density at radius 3 is 2.26 bits per heavy atom. The number of carbonyl (C=O) groups excluding carboxylic acids is 2. The van der Waals surface area contributed by atoms with Crippen LogP contribution in [0.2, 0.25) is 0 Å². The third kappa shape index (κ3) is 5.15. The van der Waals surface area contributed by atoms with Crippen molar-refractivity contribution >= 4 is 17.9 Å². The van der Waals surface area contributed by atoms with E-state index >= 15 is 0 Å². The summed E-state index contributed by atoms with van der Waals surface area (Å²) in [6.45, 7) is -0.301. The Kier molecular flexibility index (Phi) is 5.59. The molecule has 1 fully saturated rings. The number of carboxylic acid groups (broad SMARTS) is 1. The van der Waals surface area contributed by atoms with E-state index in [0.717, 1.165) is 17.7 Å². The Hall–Kier alpha value is -1.79. The average Bonchev–Trinajstić information content (AvgIpc) is 2.78. The molecule has 1 rings (SSSR count). The van der Waals surface area contributed by atoms with Gasteiger partial charge in [-0.2, -0.15) is 0 Å². The number of primary amides is 1. The number of carbonyl (C=O) groups is 3. The molecule has 1 aliphatic rings. The molecule has 0 saturated heterocycles. The Bertz CT molecular complexity index is 337. The molecule has 0 aromatic rings. The van der Waals surface area contributed by atoms with Crippen LogP contribution in [0.3, 0.4) is 0 Å². The molecule has 0 aliphatic heterocycles. The van der Waals surface area contributed by atoms with E-state index in [9.17, 15) is 14.4 Å². The topological polar surface area (TPSA) is 104 Å². The second-order valence-electron chi connectivity index (χ2n) is 5.03. The van der Waals surface area contributed by atoms with Gasteiger partial charge in [0, 0.05) is 13.6 Å². The average molecular weight is 271 g/mol. The molecule has 19 heavy (non-hydrogen) atoms. The molecule has 0 radical (unpaired) electrons. The summed E-state index contributed by atoms with van der Waals surface area (Å²) in [7, 11) is 1.62. The van der Waals surface area contributed by atoms with Gasteiger partial charge in [0.2, 0.25) is 5.91 Å².